The standard InChI is InChI=1S/C15H18N2O4/c1-3-9-16(10-4-2)13-11-7-5-6-8-12(11)21-15(18)14(13)17(19)20/h5-8H,3-4,9-10H2,1-2H3. The third-order valence-corrected chi connectivity index (χ3v) is 3.25. The molecule has 0 saturated carbocycles. The fraction of sp³-hybridized carbons (Fsp3) is 0.400. The average molecular weight is 290 g/mol. The minimum atomic E-state index is -0.897. The number of nitro groups is 1. The number of benzene rings is 1. The monoisotopic (exact) mass is 290 g/mol. The van der Waals surface area contributed by atoms with Gasteiger partial charge in [0, 0.05) is 18.5 Å². The Kier molecular flexibility index (Phi) is 4.57. The molecule has 0 aliphatic rings. The molecule has 1 heterocycles. The largest absolute Gasteiger partial charge is 0.418 e. The van der Waals surface area contributed by atoms with E-state index in [4.69, 9.17) is 4.42 Å². The molecule has 0 atom stereocenters. The van der Waals surface area contributed by atoms with Gasteiger partial charge in [-0.2, -0.15) is 0 Å². The van der Waals surface area contributed by atoms with Gasteiger partial charge in [0.2, 0.25) is 0 Å². The minimum absolute atomic E-state index is 0.371. The maximum Gasteiger partial charge on any atom is 0.417 e. The van der Waals surface area contributed by atoms with Gasteiger partial charge in [0.05, 0.1) is 4.92 Å². The summed E-state index contributed by atoms with van der Waals surface area (Å²) >= 11 is 0. The summed E-state index contributed by atoms with van der Waals surface area (Å²) in [5, 5.41) is 11.9. The van der Waals surface area contributed by atoms with Gasteiger partial charge in [-0.15, -0.1) is 0 Å². The highest BCUT2D eigenvalue weighted by Gasteiger charge is 2.28. The lowest BCUT2D eigenvalue weighted by molar-refractivity contribution is -0.386. The highest BCUT2D eigenvalue weighted by molar-refractivity contribution is 5.94. The van der Waals surface area contributed by atoms with E-state index in [9.17, 15) is 14.9 Å². The molecule has 1 aromatic carbocycles. The second-order valence-electron chi connectivity index (χ2n) is 4.83. The molecule has 0 saturated heterocycles. The molecule has 0 bridgehead atoms. The van der Waals surface area contributed by atoms with Crippen molar-refractivity contribution >= 4 is 22.3 Å². The zero-order valence-corrected chi connectivity index (χ0v) is 12.2. The van der Waals surface area contributed by atoms with Crippen LogP contribution in [0.25, 0.3) is 11.0 Å². The Bertz CT molecular complexity index is 702. The number of nitrogens with zero attached hydrogens (tertiary/aromatic N) is 2. The van der Waals surface area contributed by atoms with Crippen molar-refractivity contribution in [2.24, 2.45) is 0 Å². The average Bonchev–Trinajstić information content (AvgIpc) is 2.45. The van der Waals surface area contributed by atoms with E-state index in [2.05, 4.69) is 0 Å². The Morgan fingerprint density at radius 3 is 2.38 bits per heavy atom. The first-order chi connectivity index (χ1) is 10.1. The maximum absolute atomic E-state index is 12.0. The van der Waals surface area contributed by atoms with Crippen LogP contribution in [0.15, 0.2) is 33.5 Å². The predicted octanol–water partition coefficient (Wildman–Crippen LogP) is 3.33. The van der Waals surface area contributed by atoms with Crippen LogP contribution in [0, 0.1) is 10.1 Å². The van der Waals surface area contributed by atoms with E-state index in [1.807, 2.05) is 18.7 Å². The van der Waals surface area contributed by atoms with Gasteiger partial charge in [-0.25, -0.2) is 4.79 Å². The summed E-state index contributed by atoms with van der Waals surface area (Å²) in [6.45, 7) is 5.31. The summed E-state index contributed by atoms with van der Waals surface area (Å²) < 4.78 is 5.08. The molecule has 112 valence electrons. The molecule has 21 heavy (non-hydrogen) atoms. The van der Waals surface area contributed by atoms with Crippen LogP contribution in [0.2, 0.25) is 0 Å². The van der Waals surface area contributed by atoms with Gasteiger partial charge in [-0.05, 0) is 25.0 Å². The van der Waals surface area contributed by atoms with Crippen molar-refractivity contribution in [2.45, 2.75) is 26.7 Å². The molecule has 0 spiro atoms. The van der Waals surface area contributed by atoms with E-state index < -0.39 is 16.2 Å². The zero-order valence-electron chi connectivity index (χ0n) is 12.2. The smallest absolute Gasteiger partial charge is 0.417 e. The first kappa shape index (κ1) is 15.0. The SMILES string of the molecule is CCCN(CCC)c1c([N+](=O)[O-])c(=O)oc2ccccc12. The summed E-state index contributed by atoms with van der Waals surface area (Å²) in [7, 11) is 0. The van der Waals surface area contributed by atoms with E-state index in [0.29, 0.717) is 29.7 Å². The van der Waals surface area contributed by atoms with E-state index in [1.54, 1.807) is 24.3 Å². The fourth-order valence-corrected chi connectivity index (χ4v) is 2.48. The van der Waals surface area contributed by atoms with Crippen molar-refractivity contribution in [3.05, 3.63) is 44.8 Å². The number of hydrogen-bond acceptors (Lipinski definition) is 5. The number of rotatable bonds is 6. The van der Waals surface area contributed by atoms with Crippen molar-refractivity contribution in [1.82, 2.24) is 0 Å². The quantitative estimate of drug-likeness (QED) is 0.463. The molecule has 0 aliphatic heterocycles. The van der Waals surface area contributed by atoms with Gasteiger partial charge in [0.25, 0.3) is 0 Å². The van der Waals surface area contributed by atoms with Crippen molar-refractivity contribution in [3.8, 4) is 0 Å². The van der Waals surface area contributed by atoms with Gasteiger partial charge in [0.1, 0.15) is 11.3 Å². The normalized spacial score (nSPS) is 10.8. The van der Waals surface area contributed by atoms with Crippen molar-refractivity contribution < 1.29 is 9.34 Å². The third kappa shape index (κ3) is 2.89. The molecule has 6 nitrogen and oxygen atoms in total. The lowest BCUT2D eigenvalue weighted by Crippen LogP contribution is -2.27. The lowest BCUT2D eigenvalue weighted by Gasteiger charge is -2.24. The topological polar surface area (TPSA) is 76.6 Å². The molecular formula is C15H18N2O4. The summed E-state index contributed by atoms with van der Waals surface area (Å²) in [4.78, 5) is 24.5. The van der Waals surface area contributed by atoms with Crippen LogP contribution in [-0.2, 0) is 0 Å². The lowest BCUT2D eigenvalue weighted by atomic mass is 10.1. The van der Waals surface area contributed by atoms with Crippen LogP contribution in [0.1, 0.15) is 26.7 Å². The number of para-hydroxylation sites is 1. The summed E-state index contributed by atoms with van der Waals surface area (Å²) in [5.41, 5.74) is -0.627. The van der Waals surface area contributed by atoms with Crippen LogP contribution < -0.4 is 10.5 Å². The third-order valence-electron chi connectivity index (χ3n) is 3.25. The number of anilines is 1. The Hall–Kier alpha value is -2.37. The second kappa shape index (κ2) is 6.39. The molecule has 6 heteroatoms. The summed E-state index contributed by atoms with van der Waals surface area (Å²) in [6, 6.07) is 6.93. The highest BCUT2D eigenvalue weighted by Crippen LogP contribution is 2.33. The molecule has 0 aliphatic carbocycles. The molecular weight excluding hydrogens is 272 g/mol. The molecule has 2 rings (SSSR count). The van der Waals surface area contributed by atoms with Crippen LogP contribution in [0.5, 0.6) is 0 Å². The molecule has 1 aromatic heterocycles. The predicted molar refractivity (Wildman–Crippen MR) is 81.9 cm³/mol. The first-order valence-electron chi connectivity index (χ1n) is 7.05. The minimum Gasteiger partial charge on any atom is -0.418 e. The maximum atomic E-state index is 12.0. The Labute approximate surface area is 122 Å². The highest BCUT2D eigenvalue weighted by atomic mass is 16.6. The van der Waals surface area contributed by atoms with Gasteiger partial charge < -0.3 is 9.32 Å². The Morgan fingerprint density at radius 1 is 1.19 bits per heavy atom. The van der Waals surface area contributed by atoms with Gasteiger partial charge in [0.15, 0.2) is 0 Å². The molecule has 0 radical (unpaired) electrons. The van der Waals surface area contributed by atoms with Crippen molar-refractivity contribution in [2.75, 3.05) is 18.0 Å². The first-order valence-corrected chi connectivity index (χ1v) is 7.05. The van der Waals surface area contributed by atoms with Gasteiger partial charge in [-0.1, -0.05) is 26.0 Å². The second-order valence-corrected chi connectivity index (χ2v) is 4.83. The molecule has 0 unspecified atom stereocenters. The van der Waals surface area contributed by atoms with Gasteiger partial charge in [-0.3, -0.25) is 10.1 Å². The summed E-state index contributed by atoms with van der Waals surface area (Å²) in [5.74, 6) is 0. The molecule has 0 fully saturated rings. The van der Waals surface area contributed by atoms with E-state index in [1.165, 1.54) is 0 Å². The summed E-state index contributed by atoms with van der Waals surface area (Å²) in [6.07, 6.45) is 1.68. The number of hydrogen-bond donors (Lipinski definition) is 0. The van der Waals surface area contributed by atoms with E-state index in [0.717, 1.165) is 12.8 Å². The molecule has 0 amide bonds. The zero-order chi connectivity index (χ0) is 15.4. The molecule has 0 N–H and O–H groups in total. The Balaban J connectivity index is 2.80. The van der Waals surface area contributed by atoms with Crippen LogP contribution >= 0.6 is 0 Å². The van der Waals surface area contributed by atoms with E-state index >= 15 is 0 Å². The van der Waals surface area contributed by atoms with Gasteiger partial charge >= 0.3 is 11.3 Å². The molecule has 2 aromatic rings. The Morgan fingerprint density at radius 2 is 1.81 bits per heavy atom. The fourth-order valence-electron chi connectivity index (χ4n) is 2.48. The number of fused-ring (bicyclic) bond motifs is 1. The van der Waals surface area contributed by atoms with Crippen LogP contribution in [0.3, 0.4) is 0 Å². The van der Waals surface area contributed by atoms with Crippen molar-refractivity contribution in [3.63, 3.8) is 0 Å². The van der Waals surface area contributed by atoms with Crippen LogP contribution in [-0.4, -0.2) is 18.0 Å². The van der Waals surface area contributed by atoms with Crippen LogP contribution in [0.4, 0.5) is 11.4 Å². The van der Waals surface area contributed by atoms with Crippen molar-refractivity contribution in [1.29, 1.82) is 0 Å². The van der Waals surface area contributed by atoms with E-state index in [-0.39, 0.29) is 0 Å².